The number of nitrogens with zero attached hydrogens (tertiary/aromatic N) is 3. The molecule has 1 aromatic carbocycles. The number of hydrogen-bond donors (Lipinski definition) is 0. The van der Waals surface area contributed by atoms with Crippen LogP contribution in [0.4, 0.5) is 5.69 Å². The van der Waals surface area contributed by atoms with Crippen LogP contribution in [0.1, 0.15) is 5.56 Å². The average Bonchev–Trinajstić information content (AvgIpc) is 2.41. The Morgan fingerprint density at radius 3 is 2.79 bits per heavy atom. The van der Waals surface area contributed by atoms with Gasteiger partial charge in [0.25, 0.3) is 5.69 Å². The Balaban J connectivity index is 2.60. The Hall–Kier alpha value is -1.97. The number of non-ortho nitro benzene ring substituents is 1. The van der Waals surface area contributed by atoms with Crippen LogP contribution < -0.4 is 0 Å². The molecule has 0 spiro atoms. The highest BCUT2D eigenvalue weighted by Gasteiger charge is 2.13. The van der Waals surface area contributed by atoms with Crippen molar-refractivity contribution in [3.63, 3.8) is 0 Å². The van der Waals surface area contributed by atoms with E-state index in [2.05, 4.69) is 20.9 Å². The summed E-state index contributed by atoms with van der Waals surface area (Å²) >= 11 is 9.14. The lowest BCUT2D eigenvalue weighted by Gasteiger charge is -2.05. The van der Waals surface area contributed by atoms with Crippen molar-refractivity contribution in [2.24, 2.45) is 0 Å². The minimum Gasteiger partial charge on any atom is -0.258 e. The number of nitriles is 1. The van der Waals surface area contributed by atoms with Gasteiger partial charge >= 0.3 is 0 Å². The third kappa shape index (κ3) is 2.72. The van der Waals surface area contributed by atoms with Crippen molar-refractivity contribution in [3.8, 4) is 17.3 Å². The molecular formula is C12H5BrClN3O2. The third-order valence-electron chi connectivity index (χ3n) is 2.38. The summed E-state index contributed by atoms with van der Waals surface area (Å²) in [5.74, 6) is 0. The van der Waals surface area contributed by atoms with Crippen LogP contribution in [-0.4, -0.2) is 9.91 Å². The molecule has 0 amide bonds. The molecule has 19 heavy (non-hydrogen) atoms. The lowest BCUT2D eigenvalue weighted by atomic mass is 10.1. The summed E-state index contributed by atoms with van der Waals surface area (Å²) in [7, 11) is 0. The highest BCUT2D eigenvalue weighted by molar-refractivity contribution is 9.10. The topological polar surface area (TPSA) is 79.8 Å². The molecule has 0 unspecified atom stereocenters. The van der Waals surface area contributed by atoms with Gasteiger partial charge in [-0.05, 0) is 22.0 Å². The summed E-state index contributed by atoms with van der Waals surface area (Å²) < 4.78 is 0.550. The minimum atomic E-state index is -0.483. The van der Waals surface area contributed by atoms with Crippen LogP contribution in [0.2, 0.25) is 5.15 Å². The van der Waals surface area contributed by atoms with Gasteiger partial charge in [-0.25, -0.2) is 4.98 Å². The van der Waals surface area contributed by atoms with Crippen molar-refractivity contribution >= 4 is 33.2 Å². The molecule has 2 rings (SSSR count). The Labute approximate surface area is 121 Å². The van der Waals surface area contributed by atoms with E-state index in [1.807, 2.05) is 6.07 Å². The summed E-state index contributed by atoms with van der Waals surface area (Å²) in [4.78, 5) is 14.3. The molecule has 0 N–H and O–H groups in total. The SMILES string of the molecule is N#Cc1cc(Br)c(-c2cccc([N+](=O)[O-])c2)nc1Cl. The zero-order valence-electron chi connectivity index (χ0n) is 9.30. The molecule has 1 heterocycles. The molecule has 0 aliphatic carbocycles. The smallest absolute Gasteiger partial charge is 0.258 e. The van der Waals surface area contributed by atoms with E-state index in [1.165, 1.54) is 18.2 Å². The first kappa shape index (κ1) is 13.5. The Morgan fingerprint density at radius 2 is 2.16 bits per heavy atom. The van der Waals surface area contributed by atoms with E-state index in [0.717, 1.165) is 0 Å². The molecule has 0 aliphatic heterocycles. The van der Waals surface area contributed by atoms with Crippen molar-refractivity contribution in [2.75, 3.05) is 0 Å². The summed E-state index contributed by atoms with van der Waals surface area (Å²) in [5, 5.41) is 19.6. The second kappa shape index (κ2) is 5.34. The fourth-order valence-corrected chi connectivity index (χ4v) is 2.24. The molecule has 0 fully saturated rings. The Bertz CT molecular complexity index is 713. The zero-order valence-corrected chi connectivity index (χ0v) is 11.6. The van der Waals surface area contributed by atoms with Gasteiger partial charge in [-0.2, -0.15) is 5.26 Å². The summed E-state index contributed by atoms with van der Waals surface area (Å²) in [6.45, 7) is 0. The van der Waals surface area contributed by atoms with Crippen molar-refractivity contribution in [2.45, 2.75) is 0 Å². The van der Waals surface area contributed by atoms with Crippen LogP contribution in [0.15, 0.2) is 34.8 Å². The highest BCUT2D eigenvalue weighted by Crippen LogP contribution is 2.31. The normalized spacial score (nSPS) is 9.95. The fraction of sp³-hybridized carbons (Fsp3) is 0. The summed E-state index contributed by atoms with van der Waals surface area (Å²) in [5.41, 5.74) is 1.20. The molecule has 0 aliphatic rings. The van der Waals surface area contributed by atoms with E-state index in [9.17, 15) is 10.1 Å². The van der Waals surface area contributed by atoms with Gasteiger partial charge in [0.1, 0.15) is 11.2 Å². The molecule has 7 heteroatoms. The van der Waals surface area contributed by atoms with Gasteiger partial charge in [-0.15, -0.1) is 0 Å². The maximum absolute atomic E-state index is 10.7. The van der Waals surface area contributed by atoms with E-state index in [1.54, 1.807) is 12.1 Å². The maximum atomic E-state index is 10.7. The first-order chi connectivity index (χ1) is 9.02. The van der Waals surface area contributed by atoms with Crippen LogP contribution in [0.5, 0.6) is 0 Å². The molecule has 0 atom stereocenters. The van der Waals surface area contributed by atoms with Crippen molar-refractivity contribution in [3.05, 3.63) is 55.6 Å². The van der Waals surface area contributed by atoms with E-state index in [0.29, 0.717) is 15.7 Å². The standard InChI is InChI=1S/C12H5BrClN3O2/c13-10-5-8(6-15)12(14)16-11(10)7-2-1-3-9(4-7)17(18)19/h1-5H. The number of halogens is 2. The molecule has 0 bridgehead atoms. The monoisotopic (exact) mass is 337 g/mol. The predicted octanol–water partition coefficient (Wildman–Crippen LogP) is 3.94. The van der Waals surface area contributed by atoms with E-state index in [-0.39, 0.29) is 16.4 Å². The van der Waals surface area contributed by atoms with Crippen LogP contribution in [-0.2, 0) is 0 Å². The van der Waals surface area contributed by atoms with Crippen LogP contribution in [0.3, 0.4) is 0 Å². The number of nitro benzene ring substituents is 1. The fourth-order valence-electron chi connectivity index (χ4n) is 1.51. The summed E-state index contributed by atoms with van der Waals surface area (Å²) in [6, 6.07) is 9.48. The largest absolute Gasteiger partial charge is 0.270 e. The van der Waals surface area contributed by atoms with Crippen molar-refractivity contribution in [1.82, 2.24) is 4.98 Å². The second-order valence-electron chi connectivity index (χ2n) is 3.58. The van der Waals surface area contributed by atoms with Crippen LogP contribution in [0.25, 0.3) is 11.3 Å². The number of pyridine rings is 1. The average molecular weight is 339 g/mol. The minimum absolute atomic E-state index is 0.0355. The van der Waals surface area contributed by atoms with Gasteiger partial charge in [0.2, 0.25) is 0 Å². The van der Waals surface area contributed by atoms with Gasteiger partial charge in [0.15, 0.2) is 0 Å². The highest BCUT2D eigenvalue weighted by atomic mass is 79.9. The number of hydrogen-bond acceptors (Lipinski definition) is 4. The molecule has 0 radical (unpaired) electrons. The van der Waals surface area contributed by atoms with Crippen LogP contribution >= 0.6 is 27.5 Å². The first-order valence-electron chi connectivity index (χ1n) is 5.04. The molecule has 0 saturated heterocycles. The van der Waals surface area contributed by atoms with Crippen molar-refractivity contribution in [1.29, 1.82) is 5.26 Å². The lowest BCUT2D eigenvalue weighted by molar-refractivity contribution is -0.384. The molecule has 1 aromatic heterocycles. The quantitative estimate of drug-likeness (QED) is 0.472. The number of nitro groups is 1. The molecular weight excluding hydrogens is 334 g/mol. The van der Waals surface area contributed by atoms with Crippen molar-refractivity contribution < 1.29 is 4.92 Å². The number of rotatable bonds is 2. The van der Waals surface area contributed by atoms with E-state index >= 15 is 0 Å². The molecule has 2 aromatic rings. The van der Waals surface area contributed by atoms with Gasteiger partial charge in [0, 0.05) is 22.2 Å². The molecule has 94 valence electrons. The maximum Gasteiger partial charge on any atom is 0.270 e. The lowest BCUT2D eigenvalue weighted by Crippen LogP contribution is -1.92. The van der Waals surface area contributed by atoms with E-state index < -0.39 is 4.92 Å². The zero-order chi connectivity index (χ0) is 14.0. The number of benzene rings is 1. The predicted molar refractivity (Wildman–Crippen MR) is 73.8 cm³/mol. The van der Waals surface area contributed by atoms with Gasteiger partial charge in [0.05, 0.1) is 16.2 Å². The Kier molecular flexibility index (Phi) is 3.79. The van der Waals surface area contributed by atoms with Crippen LogP contribution in [0, 0.1) is 21.4 Å². The van der Waals surface area contributed by atoms with Gasteiger partial charge < -0.3 is 0 Å². The van der Waals surface area contributed by atoms with Gasteiger partial charge in [-0.1, -0.05) is 23.7 Å². The first-order valence-corrected chi connectivity index (χ1v) is 6.21. The molecule has 5 nitrogen and oxygen atoms in total. The summed E-state index contributed by atoms with van der Waals surface area (Å²) in [6.07, 6.45) is 0. The molecule has 0 saturated carbocycles. The van der Waals surface area contributed by atoms with E-state index in [4.69, 9.17) is 16.9 Å². The third-order valence-corrected chi connectivity index (χ3v) is 3.27. The second-order valence-corrected chi connectivity index (χ2v) is 4.79. The Morgan fingerprint density at radius 1 is 1.42 bits per heavy atom. The van der Waals surface area contributed by atoms with Gasteiger partial charge in [-0.3, -0.25) is 10.1 Å². The number of aromatic nitrogens is 1.